The molecule has 0 bridgehead atoms. The van der Waals surface area contributed by atoms with Crippen LogP contribution in [-0.2, 0) is 4.79 Å². The Morgan fingerprint density at radius 1 is 1.35 bits per heavy atom. The number of aliphatic carboxylic acids is 1. The summed E-state index contributed by atoms with van der Waals surface area (Å²) in [4.78, 5) is 10.9. The van der Waals surface area contributed by atoms with Crippen molar-refractivity contribution in [3.63, 3.8) is 0 Å². The van der Waals surface area contributed by atoms with Crippen molar-refractivity contribution >= 4 is 52.4 Å². The molecule has 2 nitrogen and oxygen atoms in total. The molecule has 1 fully saturated rings. The van der Waals surface area contributed by atoms with Gasteiger partial charge in [0.05, 0.1) is 16.0 Å². The molecular weight excluding hydrogens is 313 g/mol. The van der Waals surface area contributed by atoms with E-state index >= 15 is 0 Å². The fourth-order valence-corrected chi connectivity index (χ4v) is 2.95. The van der Waals surface area contributed by atoms with Crippen molar-refractivity contribution in [1.29, 1.82) is 0 Å². The second-order valence-electron chi connectivity index (χ2n) is 3.77. The summed E-state index contributed by atoms with van der Waals surface area (Å²) < 4.78 is 11.9. The van der Waals surface area contributed by atoms with Gasteiger partial charge in [-0.3, -0.25) is 4.79 Å². The Bertz CT molecular complexity index is 480. The molecule has 1 aliphatic rings. The smallest absolute Gasteiger partial charge is 0.310 e. The zero-order valence-electron chi connectivity index (χ0n) is 8.05. The van der Waals surface area contributed by atoms with Crippen molar-refractivity contribution < 1.29 is 14.3 Å². The molecule has 17 heavy (non-hydrogen) atoms. The van der Waals surface area contributed by atoms with E-state index in [4.69, 9.17) is 51.5 Å². The molecule has 0 radical (unpaired) electrons. The average molecular weight is 318 g/mol. The summed E-state index contributed by atoms with van der Waals surface area (Å²) in [6, 6.07) is 2.47. The van der Waals surface area contributed by atoms with E-state index in [-0.39, 0.29) is 10.0 Å². The molecule has 0 aliphatic heterocycles. The first kappa shape index (κ1) is 13.2. The highest BCUT2D eigenvalue weighted by molar-refractivity contribution is 6.53. The quantitative estimate of drug-likeness (QED) is 0.658. The lowest BCUT2D eigenvalue weighted by molar-refractivity contribution is -0.138. The number of carbonyl (C=O) groups is 1. The molecule has 1 aromatic carbocycles. The number of hydrogen-bond donors (Lipinski definition) is 1. The average Bonchev–Trinajstić information content (AvgIpc) is 2.77. The van der Waals surface area contributed by atoms with Crippen LogP contribution in [0.3, 0.4) is 0 Å². The zero-order valence-corrected chi connectivity index (χ0v) is 11.1. The second kappa shape index (κ2) is 4.16. The Balaban J connectivity index is 2.41. The standard InChI is InChI=1S/C10H5Cl4FO2/c11-4-1-3(2-5(15)8(4)12)6-7(9(16)17)10(6,13)14/h1-2,6-7H,(H,16,17). The van der Waals surface area contributed by atoms with Crippen LogP contribution in [0.15, 0.2) is 12.1 Å². The fraction of sp³-hybridized carbons (Fsp3) is 0.300. The maximum absolute atomic E-state index is 13.4. The van der Waals surface area contributed by atoms with Gasteiger partial charge in [0.1, 0.15) is 10.2 Å². The topological polar surface area (TPSA) is 37.3 Å². The van der Waals surface area contributed by atoms with E-state index in [2.05, 4.69) is 0 Å². The Kier molecular flexibility index (Phi) is 3.24. The van der Waals surface area contributed by atoms with E-state index in [0.717, 1.165) is 6.07 Å². The molecule has 0 saturated heterocycles. The zero-order chi connectivity index (χ0) is 13.0. The Morgan fingerprint density at radius 2 is 1.94 bits per heavy atom. The van der Waals surface area contributed by atoms with E-state index in [1.807, 2.05) is 0 Å². The minimum Gasteiger partial charge on any atom is -0.481 e. The molecule has 2 atom stereocenters. The van der Waals surface area contributed by atoms with Gasteiger partial charge < -0.3 is 5.11 Å². The largest absolute Gasteiger partial charge is 0.481 e. The molecule has 1 aromatic rings. The van der Waals surface area contributed by atoms with Gasteiger partial charge in [0.15, 0.2) is 0 Å². The molecular formula is C10H5Cl4FO2. The van der Waals surface area contributed by atoms with Gasteiger partial charge in [-0.25, -0.2) is 4.39 Å². The van der Waals surface area contributed by atoms with E-state index in [1.165, 1.54) is 6.07 Å². The van der Waals surface area contributed by atoms with Crippen molar-refractivity contribution in [2.45, 2.75) is 10.3 Å². The number of benzene rings is 1. The number of alkyl halides is 2. The van der Waals surface area contributed by atoms with Crippen molar-refractivity contribution in [1.82, 2.24) is 0 Å². The van der Waals surface area contributed by atoms with Gasteiger partial charge in [-0.1, -0.05) is 46.4 Å². The van der Waals surface area contributed by atoms with E-state index in [1.54, 1.807) is 0 Å². The minimum atomic E-state index is -1.44. The SMILES string of the molecule is O=C(O)C1C(c2cc(F)c(Cl)c(Cl)c2)C1(Cl)Cl. The van der Waals surface area contributed by atoms with Crippen LogP contribution in [0.25, 0.3) is 0 Å². The van der Waals surface area contributed by atoms with Gasteiger partial charge in [-0.2, -0.15) is 0 Å². The normalized spacial score (nSPS) is 25.7. The Hall–Kier alpha value is -0.220. The summed E-state index contributed by atoms with van der Waals surface area (Å²) in [7, 11) is 0. The van der Waals surface area contributed by atoms with Crippen LogP contribution in [0, 0.1) is 11.7 Å². The first-order chi connectivity index (χ1) is 7.76. The van der Waals surface area contributed by atoms with E-state index in [0.29, 0.717) is 5.56 Å². The van der Waals surface area contributed by atoms with Crippen LogP contribution < -0.4 is 0 Å². The summed E-state index contributed by atoms with van der Waals surface area (Å²) >= 11 is 22.9. The predicted octanol–water partition coefficient (Wildman–Crippen LogP) is 4.10. The summed E-state index contributed by atoms with van der Waals surface area (Å²) in [5, 5.41) is 8.68. The molecule has 1 N–H and O–H groups in total. The lowest BCUT2D eigenvalue weighted by Crippen LogP contribution is -2.03. The maximum atomic E-state index is 13.4. The maximum Gasteiger partial charge on any atom is 0.310 e. The molecule has 92 valence electrons. The second-order valence-corrected chi connectivity index (χ2v) is 6.00. The highest BCUT2D eigenvalue weighted by atomic mass is 35.5. The number of hydrogen-bond acceptors (Lipinski definition) is 1. The van der Waals surface area contributed by atoms with Gasteiger partial charge in [0.2, 0.25) is 0 Å². The van der Waals surface area contributed by atoms with Gasteiger partial charge in [-0.15, -0.1) is 0 Å². The lowest BCUT2D eigenvalue weighted by Gasteiger charge is -2.04. The minimum absolute atomic E-state index is 0.00170. The van der Waals surface area contributed by atoms with Crippen molar-refractivity contribution in [3.8, 4) is 0 Å². The van der Waals surface area contributed by atoms with Crippen molar-refractivity contribution in [2.24, 2.45) is 5.92 Å². The molecule has 0 heterocycles. The molecule has 0 amide bonds. The van der Waals surface area contributed by atoms with Gasteiger partial charge in [0, 0.05) is 5.92 Å². The molecule has 2 rings (SSSR count). The molecule has 1 saturated carbocycles. The number of halogens is 5. The van der Waals surface area contributed by atoms with Crippen molar-refractivity contribution in [3.05, 3.63) is 33.6 Å². The lowest BCUT2D eigenvalue weighted by atomic mass is 10.1. The first-order valence-corrected chi connectivity index (χ1v) is 6.03. The molecule has 1 aliphatic carbocycles. The summed E-state index contributed by atoms with van der Waals surface area (Å²) in [5.74, 6) is -3.52. The predicted molar refractivity (Wildman–Crippen MR) is 64.7 cm³/mol. The van der Waals surface area contributed by atoms with Gasteiger partial charge in [0.25, 0.3) is 0 Å². The number of rotatable bonds is 2. The highest BCUT2D eigenvalue weighted by Crippen LogP contribution is 2.65. The van der Waals surface area contributed by atoms with E-state index in [9.17, 15) is 9.18 Å². The fourth-order valence-electron chi connectivity index (χ4n) is 1.80. The van der Waals surface area contributed by atoms with Gasteiger partial charge in [-0.05, 0) is 17.7 Å². The van der Waals surface area contributed by atoms with Gasteiger partial charge >= 0.3 is 5.97 Å². The van der Waals surface area contributed by atoms with Crippen LogP contribution in [0.2, 0.25) is 10.0 Å². The van der Waals surface area contributed by atoms with Crippen LogP contribution in [-0.4, -0.2) is 15.4 Å². The highest BCUT2D eigenvalue weighted by Gasteiger charge is 2.68. The first-order valence-electron chi connectivity index (χ1n) is 4.52. The van der Waals surface area contributed by atoms with Crippen molar-refractivity contribution in [2.75, 3.05) is 0 Å². The van der Waals surface area contributed by atoms with E-state index < -0.39 is 28.0 Å². The third kappa shape index (κ3) is 2.10. The number of carboxylic acid groups (broad SMARTS) is 1. The molecule has 2 unspecified atom stereocenters. The molecule has 7 heteroatoms. The summed E-state index contributed by atoms with van der Waals surface area (Å²) in [6.07, 6.45) is 0. The third-order valence-corrected chi connectivity index (χ3v) is 4.40. The summed E-state index contributed by atoms with van der Waals surface area (Å²) in [5.41, 5.74) is 0.328. The van der Waals surface area contributed by atoms with Crippen LogP contribution in [0.5, 0.6) is 0 Å². The molecule has 0 spiro atoms. The van der Waals surface area contributed by atoms with Crippen LogP contribution in [0.4, 0.5) is 4.39 Å². The van der Waals surface area contributed by atoms with Crippen LogP contribution >= 0.6 is 46.4 Å². The van der Waals surface area contributed by atoms with Crippen LogP contribution in [0.1, 0.15) is 11.5 Å². The Labute approximate surface area is 116 Å². The monoisotopic (exact) mass is 316 g/mol. The summed E-state index contributed by atoms with van der Waals surface area (Å²) in [6.45, 7) is 0. The Morgan fingerprint density at radius 3 is 2.35 bits per heavy atom. The molecule has 0 aromatic heterocycles. The third-order valence-electron chi connectivity index (χ3n) is 2.68. The number of carboxylic acids is 1.